The second-order valence-corrected chi connectivity index (χ2v) is 5.25. The highest BCUT2D eigenvalue weighted by molar-refractivity contribution is 6.03. The molecule has 0 bridgehead atoms. The van der Waals surface area contributed by atoms with Gasteiger partial charge in [0.25, 0.3) is 0 Å². The van der Waals surface area contributed by atoms with Gasteiger partial charge in [-0.25, -0.2) is 0 Å². The molecular weight excluding hydrogens is 242 g/mol. The van der Waals surface area contributed by atoms with Gasteiger partial charge in [-0.05, 0) is 24.1 Å². The van der Waals surface area contributed by atoms with Gasteiger partial charge in [0.15, 0.2) is 5.78 Å². The first-order chi connectivity index (χ1) is 9.20. The van der Waals surface area contributed by atoms with Crippen molar-refractivity contribution in [2.45, 2.75) is 13.3 Å². The predicted molar refractivity (Wildman–Crippen MR) is 73.2 cm³/mol. The van der Waals surface area contributed by atoms with Gasteiger partial charge in [-0.1, -0.05) is 6.92 Å². The largest absolute Gasteiger partial charge is 0.495 e. The molecule has 0 amide bonds. The molecule has 0 saturated carbocycles. The Bertz CT molecular complexity index is 506. The third kappa shape index (κ3) is 2.10. The Morgan fingerprint density at radius 2 is 2.05 bits per heavy atom. The summed E-state index contributed by atoms with van der Waals surface area (Å²) in [4.78, 5) is 14.3. The van der Waals surface area contributed by atoms with Gasteiger partial charge in [-0.2, -0.15) is 0 Å². The van der Waals surface area contributed by atoms with Crippen LogP contribution in [0.15, 0.2) is 12.1 Å². The molecule has 3 rings (SSSR count). The Balaban J connectivity index is 2.01. The number of fused-ring (bicyclic) bond motifs is 1. The van der Waals surface area contributed by atoms with Gasteiger partial charge in [0, 0.05) is 24.6 Å². The van der Waals surface area contributed by atoms with Crippen LogP contribution in [-0.4, -0.2) is 39.2 Å². The van der Waals surface area contributed by atoms with Crippen LogP contribution in [0.4, 0.5) is 5.69 Å². The van der Waals surface area contributed by atoms with E-state index in [9.17, 15) is 4.79 Å². The summed E-state index contributed by atoms with van der Waals surface area (Å²) in [7, 11) is 1.66. The molecule has 1 fully saturated rings. The molecule has 19 heavy (non-hydrogen) atoms. The van der Waals surface area contributed by atoms with E-state index >= 15 is 0 Å². The second-order valence-electron chi connectivity index (χ2n) is 5.25. The zero-order chi connectivity index (χ0) is 13.4. The monoisotopic (exact) mass is 261 g/mol. The lowest BCUT2D eigenvalue weighted by Crippen LogP contribution is -2.36. The van der Waals surface area contributed by atoms with Crippen molar-refractivity contribution < 1.29 is 14.3 Å². The number of methoxy groups -OCH3 is 1. The van der Waals surface area contributed by atoms with Crippen LogP contribution in [0.1, 0.15) is 22.8 Å². The molecule has 4 nitrogen and oxygen atoms in total. The van der Waals surface area contributed by atoms with Gasteiger partial charge < -0.3 is 14.4 Å². The number of ether oxygens (including phenoxy) is 2. The van der Waals surface area contributed by atoms with E-state index in [-0.39, 0.29) is 11.7 Å². The SMILES string of the molecule is COc1cc2c(cc1N1CCOCC1)CC(C)C2=O. The molecular formula is C15H19NO3. The predicted octanol–water partition coefficient (Wildman–Crippen LogP) is 1.91. The third-order valence-electron chi connectivity index (χ3n) is 4.00. The summed E-state index contributed by atoms with van der Waals surface area (Å²) in [6.45, 7) is 5.23. The lowest BCUT2D eigenvalue weighted by molar-refractivity contribution is 0.0946. The first kappa shape index (κ1) is 12.5. The molecule has 4 heteroatoms. The quantitative estimate of drug-likeness (QED) is 0.815. The number of morpholine rings is 1. The van der Waals surface area contributed by atoms with Crippen LogP contribution in [-0.2, 0) is 11.2 Å². The van der Waals surface area contributed by atoms with Crippen LogP contribution < -0.4 is 9.64 Å². The van der Waals surface area contributed by atoms with Crippen LogP contribution in [0.3, 0.4) is 0 Å². The smallest absolute Gasteiger partial charge is 0.166 e. The van der Waals surface area contributed by atoms with Crippen LogP contribution >= 0.6 is 0 Å². The summed E-state index contributed by atoms with van der Waals surface area (Å²) in [5.74, 6) is 1.13. The average molecular weight is 261 g/mol. The van der Waals surface area contributed by atoms with E-state index in [1.54, 1.807) is 7.11 Å². The molecule has 102 valence electrons. The van der Waals surface area contributed by atoms with Crippen molar-refractivity contribution in [1.29, 1.82) is 0 Å². The summed E-state index contributed by atoms with van der Waals surface area (Å²) in [6, 6.07) is 4.03. The Labute approximate surface area is 113 Å². The molecule has 2 aliphatic rings. The molecule has 1 atom stereocenters. The fourth-order valence-electron chi connectivity index (χ4n) is 2.91. The molecule has 0 N–H and O–H groups in total. The van der Waals surface area contributed by atoms with Gasteiger partial charge in [-0.15, -0.1) is 0 Å². The fraction of sp³-hybridized carbons (Fsp3) is 0.533. The number of hydrogen-bond donors (Lipinski definition) is 0. The number of benzene rings is 1. The third-order valence-corrected chi connectivity index (χ3v) is 4.00. The Hall–Kier alpha value is -1.55. The van der Waals surface area contributed by atoms with Crippen molar-refractivity contribution in [3.8, 4) is 5.75 Å². The highest BCUT2D eigenvalue weighted by Crippen LogP contribution is 2.37. The maximum Gasteiger partial charge on any atom is 0.166 e. The van der Waals surface area contributed by atoms with E-state index in [0.29, 0.717) is 0 Å². The number of carbonyl (C=O) groups excluding carboxylic acids is 1. The van der Waals surface area contributed by atoms with Crippen LogP contribution in [0.25, 0.3) is 0 Å². The molecule has 1 unspecified atom stereocenters. The van der Waals surface area contributed by atoms with Crippen molar-refractivity contribution in [3.05, 3.63) is 23.3 Å². The highest BCUT2D eigenvalue weighted by Gasteiger charge is 2.29. The van der Waals surface area contributed by atoms with Gasteiger partial charge >= 0.3 is 0 Å². The van der Waals surface area contributed by atoms with Crippen LogP contribution in [0.5, 0.6) is 5.75 Å². The molecule has 1 saturated heterocycles. The van der Waals surface area contributed by atoms with E-state index in [4.69, 9.17) is 9.47 Å². The Kier molecular flexibility index (Phi) is 3.19. The summed E-state index contributed by atoms with van der Waals surface area (Å²) in [5, 5.41) is 0. The standard InChI is InChI=1S/C15H19NO3/c1-10-7-11-8-13(16-3-5-19-6-4-16)14(18-2)9-12(11)15(10)17/h8-10H,3-7H2,1-2H3. The maximum absolute atomic E-state index is 12.1. The number of carbonyl (C=O) groups is 1. The van der Waals surface area contributed by atoms with Crippen molar-refractivity contribution in [2.24, 2.45) is 5.92 Å². The first-order valence-electron chi connectivity index (χ1n) is 6.78. The van der Waals surface area contributed by atoms with Gasteiger partial charge in [0.1, 0.15) is 5.75 Å². The molecule has 1 aromatic rings. The molecule has 1 aliphatic heterocycles. The topological polar surface area (TPSA) is 38.8 Å². The minimum Gasteiger partial charge on any atom is -0.495 e. The number of ketones is 1. The lowest BCUT2D eigenvalue weighted by atomic mass is 10.1. The Morgan fingerprint density at radius 3 is 2.74 bits per heavy atom. The zero-order valence-corrected chi connectivity index (χ0v) is 11.4. The average Bonchev–Trinajstić information content (AvgIpc) is 2.73. The minimum atomic E-state index is 0.0969. The summed E-state index contributed by atoms with van der Waals surface area (Å²) in [6.07, 6.45) is 0.843. The molecule has 1 heterocycles. The second kappa shape index (κ2) is 4.85. The number of rotatable bonds is 2. The maximum atomic E-state index is 12.1. The fourth-order valence-corrected chi connectivity index (χ4v) is 2.91. The molecule has 1 aliphatic carbocycles. The summed E-state index contributed by atoms with van der Waals surface area (Å²) < 4.78 is 10.9. The van der Waals surface area contributed by atoms with E-state index in [2.05, 4.69) is 11.0 Å². The van der Waals surface area contributed by atoms with Gasteiger partial charge in [0.2, 0.25) is 0 Å². The highest BCUT2D eigenvalue weighted by atomic mass is 16.5. The minimum absolute atomic E-state index is 0.0969. The van der Waals surface area contributed by atoms with Crippen molar-refractivity contribution >= 4 is 11.5 Å². The summed E-state index contributed by atoms with van der Waals surface area (Å²) >= 11 is 0. The number of hydrogen-bond acceptors (Lipinski definition) is 4. The Morgan fingerprint density at radius 1 is 1.32 bits per heavy atom. The van der Waals surface area contributed by atoms with Crippen molar-refractivity contribution in [2.75, 3.05) is 38.3 Å². The van der Waals surface area contributed by atoms with Crippen LogP contribution in [0.2, 0.25) is 0 Å². The number of anilines is 1. The first-order valence-corrected chi connectivity index (χ1v) is 6.78. The van der Waals surface area contributed by atoms with E-state index in [1.165, 1.54) is 0 Å². The lowest BCUT2D eigenvalue weighted by Gasteiger charge is -2.30. The van der Waals surface area contributed by atoms with E-state index in [0.717, 1.165) is 55.3 Å². The molecule has 0 spiro atoms. The van der Waals surface area contributed by atoms with Crippen LogP contribution in [0, 0.1) is 5.92 Å². The zero-order valence-electron chi connectivity index (χ0n) is 11.4. The van der Waals surface area contributed by atoms with Gasteiger partial charge in [0.05, 0.1) is 26.0 Å². The molecule has 0 radical (unpaired) electrons. The molecule has 1 aromatic carbocycles. The molecule has 0 aromatic heterocycles. The van der Waals surface area contributed by atoms with Crippen molar-refractivity contribution in [3.63, 3.8) is 0 Å². The normalized spacial score (nSPS) is 22.5. The summed E-state index contributed by atoms with van der Waals surface area (Å²) in [5.41, 5.74) is 3.08. The van der Waals surface area contributed by atoms with E-state index < -0.39 is 0 Å². The van der Waals surface area contributed by atoms with E-state index in [1.807, 2.05) is 13.0 Å². The van der Waals surface area contributed by atoms with Gasteiger partial charge in [-0.3, -0.25) is 4.79 Å². The number of Topliss-reactive ketones (excluding diaryl/α,β-unsaturated/α-hetero) is 1. The van der Waals surface area contributed by atoms with Crippen molar-refractivity contribution in [1.82, 2.24) is 0 Å². The number of nitrogens with zero attached hydrogens (tertiary/aromatic N) is 1.